The van der Waals surface area contributed by atoms with Gasteiger partial charge < -0.3 is 9.55 Å². The Morgan fingerprint density at radius 1 is 1.12 bits per heavy atom. The van der Waals surface area contributed by atoms with E-state index in [2.05, 4.69) is 48.9 Å². The maximum atomic E-state index is 4.53. The van der Waals surface area contributed by atoms with Gasteiger partial charge >= 0.3 is 0 Å². The van der Waals surface area contributed by atoms with Gasteiger partial charge in [0.15, 0.2) is 0 Å². The predicted octanol–water partition coefficient (Wildman–Crippen LogP) is 3.90. The van der Waals surface area contributed by atoms with Gasteiger partial charge in [0, 0.05) is 30.2 Å². The van der Waals surface area contributed by atoms with E-state index in [0.717, 1.165) is 25.6 Å². The van der Waals surface area contributed by atoms with E-state index < -0.39 is 0 Å². The fourth-order valence-electron chi connectivity index (χ4n) is 4.22. The van der Waals surface area contributed by atoms with Gasteiger partial charge in [-0.05, 0) is 55.8 Å². The maximum Gasteiger partial charge on any atom is 0.150 e. The van der Waals surface area contributed by atoms with Gasteiger partial charge in [-0.15, -0.1) is 10.2 Å². The molecule has 25 heavy (non-hydrogen) atoms. The summed E-state index contributed by atoms with van der Waals surface area (Å²) < 4.78 is 2.32. The van der Waals surface area contributed by atoms with Gasteiger partial charge in [-0.3, -0.25) is 4.90 Å². The zero-order valence-corrected chi connectivity index (χ0v) is 14.6. The number of aromatic nitrogens is 4. The van der Waals surface area contributed by atoms with Crippen molar-refractivity contribution >= 4 is 10.9 Å². The van der Waals surface area contributed by atoms with Gasteiger partial charge in [0.2, 0.25) is 0 Å². The number of likely N-dealkylation sites (tertiary alicyclic amines) is 1. The maximum absolute atomic E-state index is 4.53. The van der Waals surface area contributed by atoms with Crippen LogP contribution in [0.3, 0.4) is 0 Å². The molecule has 0 radical (unpaired) electrons. The Balaban J connectivity index is 1.43. The molecule has 3 aromatic rings. The number of nitrogens with one attached hydrogen (secondary N) is 1. The first-order valence-corrected chi connectivity index (χ1v) is 9.55. The van der Waals surface area contributed by atoms with Crippen molar-refractivity contribution < 1.29 is 0 Å². The number of hydrogen-bond donors (Lipinski definition) is 1. The zero-order chi connectivity index (χ0) is 16.6. The summed E-state index contributed by atoms with van der Waals surface area (Å²) in [7, 11) is 0. The first kappa shape index (κ1) is 15.1. The van der Waals surface area contributed by atoms with E-state index in [-0.39, 0.29) is 0 Å². The van der Waals surface area contributed by atoms with Crippen LogP contribution in [0.4, 0.5) is 0 Å². The normalized spacial score (nSPS) is 21.8. The fraction of sp³-hybridized carbons (Fsp3) is 0.500. The summed E-state index contributed by atoms with van der Waals surface area (Å²) in [6.07, 6.45) is 10.4. The van der Waals surface area contributed by atoms with Gasteiger partial charge in [0.1, 0.15) is 12.2 Å². The average molecular weight is 335 g/mol. The summed E-state index contributed by atoms with van der Waals surface area (Å²) >= 11 is 0. The summed E-state index contributed by atoms with van der Waals surface area (Å²) in [5.41, 5.74) is 2.63. The number of aromatic amines is 1. The molecule has 0 amide bonds. The first-order chi connectivity index (χ1) is 12.4. The van der Waals surface area contributed by atoms with Crippen LogP contribution in [0.15, 0.2) is 36.8 Å². The molecule has 0 unspecified atom stereocenters. The lowest BCUT2D eigenvalue weighted by molar-refractivity contribution is 0.130. The predicted molar refractivity (Wildman–Crippen MR) is 98.0 cm³/mol. The van der Waals surface area contributed by atoms with E-state index in [9.17, 15) is 0 Å². The minimum atomic E-state index is 0.393. The van der Waals surface area contributed by atoms with E-state index >= 15 is 0 Å². The van der Waals surface area contributed by atoms with Crippen LogP contribution in [-0.2, 0) is 13.1 Å². The second kappa shape index (κ2) is 6.30. The molecule has 1 aromatic carbocycles. The molecule has 0 bridgehead atoms. The van der Waals surface area contributed by atoms with Crippen molar-refractivity contribution in [2.24, 2.45) is 5.92 Å². The average Bonchev–Trinajstić information content (AvgIpc) is 3.12. The van der Waals surface area contributed by atoms with Crippen LogP contribution >= 0.6 is 0 Å². The lowest BCUT2D eigenvalue weighted by atomic mass is 9.99. The molecular formula is C20H25N5. The molecule has 1 aliphatic heterocycles. The van der Waals surface area contributed by atoms with E-state index in [0.29, 0.717) is 6.04 Å². The van der Waals surface area contributed by atoms with Crippen molar-refractivity contribution in [1.82, 2.24) is 24.6 Å². The Kier molecular flexibility index (Phi) is 3.82. The van der Waals surface area contributed by atoms with Crippen molar-refractivity contribution in [3.05, 3.63) is 48.2 Å². The Morgan fingerprint density at radius 2 is 2.08 bits per heavy atom. The zero-order valence-electron chi connectivity index (χ0n) is 14.6. The molecule has 1 N–H and O–H groups in total. The van der Waals surface area contributed by atoms with Gasteiger partial charge in [0.25, 0.3) is 0 Å². The molecule has 5 heteroatoms. The number of H-pyrrole nitrogens is 1. The van der Waals surface area contributed by atoms with Crippen molar-refractivity contribution in [3.63, 3.8) is 0 Å². The molecule has 2 aromatic heterocycles. The van der Waals surface area contributed by atoms with Crippen LogP contribution in [0.25, 0.3) is 10.9 Å². The Hall–Kier alpha value is -2.14. The SMILES string of the molecule is c1cc(CN2CCCC[C@H]2c2nncn2CC2CC2)c2cc[nH]c2c1. The second-order valence-corrected chi connectivity index (χ2v) is 7.62. The van der Waals surface area contributed by atoms with E-state index in [1.807, 2.05) is 12.5 Å². The first-order valence-electron chi connectivity index (χ1n) is 9.55. The molecule has 1 atom stereocenters. The third-order valence-corrected chi connectivity index (χ3v) is 5.77. The quantitative estimate of drug-likeness (QED) is 0.769. The number of benzene rings is 1. The topological polar surface area (TPSA) is 49.7 Å². The van der Waals surface area contributed by atoms with E-state index in [1.165, 1.54) is 54.4 Å². The highest BCUT2D eigenvalue weighted by atomic mass is 15.3. The monoisotopic (exact) mass is 335 g/mol. The third-order valence-electron chi connectivity index (χ3n) is 5.77. The van der Waals surface area contributed by atoms with Gasteiger partial charge in [-0.2, -0.15) is 0 Å². The van der Waals surface area contributed by atoms with Gasteiger partial charge in [-0.1, -0.05) is 18.6 Å². The van der Waals surface area contributed by atoms with E-state index in [4.69, 9.17) is 0 Å². The Bertz CT molecular complexity index is 860. The molecular weight excluding hydrogens is 310 g/mol. The number of hydrogen-bond acceptors (Lipinski definition) is 3. The van der Waals surface area contributed by atoms with Gasteiger partial charge in [-0.25, -0.2) is 0 Å². The smallest absolute Gasteiger partial charge is 0.150 e. The van der Waals surface area contributed by atoms with Crippen molar-refractivity contribution in [3.8, 4) is 0 Å². The second-order valence-electron chi connectivity index (χ2n) is 7.62. The summed E-state index contributed by atoms with van der Waals surface area (Å²) in [6.45, 7) is 3.22. The molecule has 130 valence electrons. The Labute approximate surface area is 148 Å². The standard InChI is InChI=1S/C20H25N5/c1-2-11-24(13-16-4-3-5-18-17(16)9-10-21-18)19(6-1)20-23-22-14-25(20)12-15-7-8-15/h3-5,9-10,14-15,19,21H,1-2,6-8,11-13H2/t19-/m0/s1. The summed E-state index contributed by atoms with van der Waals surface area (Å²) in [5.74, 6) is 2.02. The lowest BCUT2D eigenvalue weighted by Crippen LogP contribution is -2.34. The molecule has 5 nitrogen and oxygen atoms in total. The lowest BCUT2D eigenvalue weighted by Gasteiger charge is -2.35. The molecule has 1 saturated heterocycles. The fourth-order valence-corrected chi connectivity index (χ4v) is 4.22. The Morgan fingerprint density at radius 3 is 3.00 bits per heavy atom. The van der Waals surface area contributed by atoms with Crippen LogP contribution in [0, 0.1) is 5.92 Å². The number of nitrogens with zero attached hydrogens (tertiary/aromatic N) is 4. The van der Waals surface area contributed by atoms with Crippen LogP contribution in [-0.4, -0.2) is 31.2 Å². The van der Waals surface area contributed by atoms with Crippen molar-refractivity contribution in [1.29, 1.82) is 0 Å². The summed E-state index contributed by atoms with van der Waals surface area (Å²) in [5, 5.41) is 10.1. The molecule has 1 saturated carbocycles. The number of piperidine rings is 1. The molecule has 0 spiro atoms. The molecule has 2 aliphatic rings. The van der Waals surface area contributed by atoms with Crippen LogP contribution in [0.1, 0.15) is 49.5 Å². The van der Waals surface area contributed by atoms with Crippen LogP contribution in [0.5, 0.6) is 0 Å². The molecule has 3 heterocycles. The van der Waals surface area contributed by atoms with Crippen molar-refractivity contribution in [2.75, 3.05) is 6.54 Å². The third kappa shape index (κ3) is 2.97. The highest BCUT2D eigenvalue weighted by Gasteiger charge is 2.30. The minimum Gasteiger partial charge on any atom is -0.361 e. The highest BCUT2D eigenvalue weighted by molar-refractivity contribution is 5.82. The molecule has 5 rings (SSSR count). The number of rotatable bonds is 5. The van der Waals surface area contributed by atoms with Crippen LogP contribution in [0.2, 0.25) is 0 Å². The highest BCUT2D eigenvalue weighted by Crippen LogP contribution is 2.35. The molecule has 1 aliphatic carbocycles. The van der Waals surface area contributed by atoms with Gasteiger partial charge in [0.05, 0.1) is 6.04 Å². The summed E-state index contributed by atoms with van der Waals surface area (Å²) in [4.78, 5) is 5.94. The minimum absolute atomic E-state index is 0.393. The molecule has 2 fully saturated rings. The largest absolute Gasteiger partial charge is 0.361 e. The number of fused-ring (bicyclic) bond motifs is 1. The van der Waals surface area contributed by atoms with Crippen molar-refractivity contribution in [2.45, 2.75) is 51.2 Å². The van der Waals surface area contributed by atoms with E-state index in [1.54, 1.807) is 0 Å². The van der Waals surface area contributed by atoms with Crippen LogP contribution < -0.4 is 0 Å². The summed E-state index contributed by atoms with van der Waals surface area (Å²) in [6, 6.07) is 9.15.